The van der Waals surface area contributed by atoms with Crippen LogP contribution in [0, 0.1) is 0 Å². The molecule has 7 rings (SSSR count). The number of pyridine rings is 2. The van der Waals surface area contributed by atoms with Gasteiger partial charge in [0.25, 0.3) is 0 Å². The van der Waals surface area contributed by atoms with Gasteiger partial charge in [-0.15, -0.1) is 0 Å². The predicted octanol–water partition coefficient (Wildman–Crippen LogP) is 4.70. The Bertz CT molecular complexity index is 1580. The number of piperidine rings is 1. The molecule has 4 heterocycles. The van der Waals surface area contributed by atoms with Crippen LogP contribution in [0.25, 0.3) is 28.2 Å². The Hall–Kier alpha value is -4.04. The molecule has 4 aromatic rings. The lowest BCUT2D eigenvalue weighted by Crippen LogP contribution is -2.45. The molecule has 198 valence electrons. The molecule has 0 unspecified atom stereocenters. The van der Waals surface area contributed by atoms with Crippen molar-refractivity contribution in [2.24, 2.45) is 0 Å². The minimum atomic E-state index is 0.0327. The number of anilines is 1. The molecule has 1 saturated heterocycles. The van der Waals surface area contributed by atoms with Crippen LogP contribution >= 0.6 is 0 Å². The largest absolute Gasteiger partial charge is 0.383 e. The van der Waals surface area contributed by atoms with Gasteiger partial charge in [0.05, 0.1) is 5.56 Å². The van der Waals surface area contributed by atoms with E-state index in [9.17, 15) is 4.79 Å². The second-order valence-corrected chi connectivity index (χ2v) is 11.0. The Morgan fingerprint density at radius 1 is 1.05 bits per heavy atom. The van der Waals surface area contributed by atoms with Gasteiger partial charge in [-0.05, 0) is 92.1 Å². The van der Waals surface area contributed by atoms with Crippen molar-refractivity contribution in [3.63, 3.8) is 0 Å². The molecule has 1 saturated carbocycles. The molecule has 0 radical (unpaired) electrons. The first-order valence-corrected chi connectivity index (χ1v) is 14.0. The highest BCUT2D eigenvalue weighted by molar-refractivity contribution is 5.87. The third-order valence-electron chi connectivity index (χ3n) is 8.48. The number of fused-ring (bicyclic) bond motifs is 2. The molecule has 1 amide bonds. The van der Waals surface area contributed by atoms with E-state index < -0.39 is 0 Å². The first-order chi connectivity index (χ1) is 19.1. The molecule has 8 nitrogen and oxygen atoms in total. The number of hydrogen-bond acceptors (Lipinski definition) is 6. The first-order valence-electron chi connectivity index (χ1n) is 14.0. The van der Waals surface area contributed by atoms with Crippen LogP contribution in [-0.4, -0.2) is 49.5 Å². The quantitative estimate of drug-likeness (QED) is 0.358. The maximum Gasteiger partial charge on any atom is 0.245 e. The Balaban J connectivity index is 1.21. The highest BCUT2D eigenvalue weighted by atomic mass is 16.2. The van der Waals surface area contributed by atoms with Gasteiger partial charge < -0.3 is 16.0 Å². The van der Waals surface area contributed by atoms with Crippen molar-refractivity contribution in [2.45, 2.75) is 56.5 Å². The summed E-state index contributed by atoms with van der Waals surface area (Å²) in [7, 11) is 0. The molecule has 1 aromatic carbocycles. The van der Waals surface area contributed by atoms with E-state index in [4.69, 9.17) is 15.7 Å². The molecule has 0 bridgehead atoms. The van der Waals surface area contributed by atoms with E-state index in [0.717, 1.165) is 72.7 Å². The van der Waals surface area contributed by atoms with Crippen LogP contribution in [0.15, 0.2) is 61.3 Å². The number of nitrogens with two attached hydrogens (primary N) is 1. The van der Waals surface area contributed by atoms with Crippen molar-refractivity contribution < 1.29 is 4.79 Å². The van der Waals surface area contributed by atoms with Crippen LogP contribution in [-0.2, 0) is 11.2 Å². The summed E-state index contributed by atoms with van der Waals surface area (Å²) in [5.74, 6) is 1.82. The van der Waals surface area contributed by atoms with Gasteiger partial charge in [-0.3, -0.25) is 9.36 Å². The van der Waals surface area contributed by atoms with Gasteiger partial charge in [0.2, 0.25) is 5.91 Å². The minimum absolute atomic E-state index is 0.0327. The molecule has 3 aromatic heterocycles. The number of carbonyl (C=O) groups is 1. The summed E-state index contributed by atoms with van der Waals surface area (Å²) in [5, 5.41) is 3.89. The van der Waals surface area contributed by atoms with Crippen LogP contribution < -0.4 is 11.1 Å². The van der Waals surface area contributed by atoms with E-state index in [1.165, 1.54) is 30.0 Å². The number of rotatable bonds is 6. The zero-order valence-corrected chi connectivity index (χ0v) is 22.0. The number of benzene rings is 1. The van der Waals surface area contributed by atoms with Gasteiger partial charge in [-0.25, -0.2) is 15.0 Å². The lowest BCUT2D eigenvalue weighted by atomic mass is 10.0. The van der Waals surface area contributed by atoms with Gasteiger partial charge in [-0.1, -0.05) is 12.6 Å². The molecule has 3 aliphatic rings. The highest BCUT2D eigenvalue weighted by Crippen LogP contribution is 2.41. The number of nitrogen functional groups attached to an aromatic ring is 1. The lowest BCUT2D eigenvalue weighted by Gasteiger charge is -2.33. The number of hydrogen-bond donors (Lipinski definition) is 2. The summed E-state index contributed by atoms with van der Waals surface area (Å²) in [4.78, 5) is 28.2. The Kier molecular flexibility index (Phi) is 5.92. The monoisotopic (exact) mass is 519 g/mol. The first kappa shape index (κ1) is 24.0. The summed E-state index contributed by atoms with van der Waals surface area (Å²) >= 11 is 0. The average molecular weight is 520 g/mol. The molecule has 0 spiro atoms. The lowest BCUT2D eigenvalue weighted by molar-refractivity contribution is -0.127. The molecule has 2 fully saturated rings. The van der Waals surface area contributed by atoms with E-state index in [2.05, 4.69) is 51.8 Å². The SMILES string of the molecule is C=CC(=O)N1CCC(N[C@H]2CCc3cc(-n4c(-c5cccnc5N)nc5ccc(C6CC6)nc54)ccc32)CC1. The topological polar surface area (TPSA) is 102 Å². The second-order valence-electron chi connectivity index (χ2n) is 11.0. The van der Waals surface area contributed by atoms with Crippen LogP contribution in [0.4, 0.5) is 5.82 Å². The predicted molar refractivity (Wildman–Crippen MR) is 152 cm³/mol. The summed E-state index contributed by atoms with van der Waals surface area (Å²) in [5.41, 5.74) is 13.8. The zero-order chi connectivity index (χ0) is 26.5. The van der Waals surface area contributed by atoms with E-state index in [1.54, 1.807) is 6.20 Å². The number of likely N-dealkylation sites (tertiary alicyclic amines) is 1. The molecular formula is C31H33N7O. The van der Waals surface area contributed by atoms with E-state index in [-0.39, 0.29) is 5.91 Å². The third kappa shape index (κ3) is 4.38. The van der Waals surface area contributed by atoms with Crippen molar-refractivity contribution in [1.29, 1.82) is 0 Å². The summed E-state index contributed by atoms with van der Waals surface area (Å²) < 4.78 is 2.15. The van der Waals surface area contributed by atoms with E-state index in [1.807, 2.05) is 17.0 Å². The van der Waals surface area contributed by atoms with Crippen molar-refractivity contribution in [3.8, 4) is 17.1 Å². The Labute approximate surface area is 228 Å². The maximum atomic E-state index is 11.9. The summed E-state index contributed by atoms with van der Waals surface area (Å²) in [6.45, 7) is 5.19. The fourth-order valence-electron chi connectivity index (χ4n) is 6.21. The molecule has 39 heavy (non-hydrogen) atoms. The van der Waals surface area contributed by atoms with Crippen LogP contribution in [0.3, 0.4) is 0 Å². The van der Waals surface area contributed by atoms with Crippen molar-refractivity contribution in [3.05, 3.63) is 78.1 Å². The number of aryl methyl sites for hydroxylation is 1. The number of aromatic nitrogens is 4. The Morgan fingerprint density at radius 2 is 1.90 bits per heavy atom. The number of nitrogens with one attached hydrogen (secondary N) is 1. The van der Waals surface area contributed by atoms with Crippen LogP contribution in [0.2, 0.25) is 0 Å². The number of carbonyl (C=O) groups excluding carboxylic acids is 1. The number of amides is 1. The molecule has 3 N–H and O–H groups in total. The highest BCUT2D eigenvalue weighted by Gasteiger charge is 2.30. The number of imidazole rings is 1. The molecule has 2 aliphatic carbocycles. The third-order valence-corrected chi connectivity index (χ3v) is 8.48. The molecule has 1 atom stereocenters. The van der Waals surface area contributed by atoms with Crippen LogP contribution in [0.5, 0.6) is 0 Å². The molecule has 8 heteroatoms. The van der Waals surface area contributed by atoms with E-state index in [0.29, 0.717) is 23.8 Å². The second kappa shape index (κ2) is 9.61. The minimum Gasteiger partial charge on any atom is -0.383 e. The van der Waals surface area contributed by atoms with Gasteiger partial charge in [-0.2, -0.15) is 0 Å². The maximum absolute atomic E-state index is 11.9. The summed E-state index contributed by atoms with van der Waals surface area (Å²) in [6.07, 6.45) is 9.55. The van der Waals surface area contributed by atoms with Gasteiger partial charge in [0.15, 0.2) is 11.5 Å². The van der Waals surface area contributed by atoms with Crippen molar-refractivity contribution in [1.82, 2.24) is 29.7 Å². The van der Waals surface area contributed by atoms with Crippen LogP contribution in [0.1, 0.15) is 60.9 Å². The zero-order valence-electron chi connectivity index (χ0n) is 22.0. The van der Waals surface area contributed by atoms with E-state index >= 15 is 0 Å². The molecule has 1 aliphatic heterocycles. The molecular weight excluding hydrogens is 486 g/mol. The number of nitrogens with zero attached hydrogens (tertiary/aromatic N) is 5. The smallest absolute Gasteiger partial charge is 0.245 e. The van der Waals surface area contributed by atoms with Gasteiger partial charge in [0, 0.05) is 48.7 Å². The Morgan fingerprint density at radius 3 is 2.67 bits per heavy atom. The fourth-order valence-corrected chi connectivity index (χ4v) is 6.21. The fraction of sp³-hybridized carbons (Fsp3) is 0.355. The van der Waals surface area contributed by atoms with Crippen molar-refractivity contribution in [2.75, 3.05) is 18.8 Å². The average Bonchev–Trinajstić information content (AvgIpc) is 3.65. The standard InChI is InChI=1S/C31H33N7O/c1-2-28(39)37-16-13-21(14-17-37)34-26-10-7-20-18-22(8-9-23(20)26)38-30(24-4-3-15-33-29(24)32)36-27-12-11-25(19-5-6-19)35-31(27)38/h2-4,8-9,11-12,15,18-19,21,26,34H,1,5-7,10,13-14,16-17H2,(H2,32,33)/t26-/m0/s1. The normalized spacial score (nSPS) is 19.4. The van der Waals surface area contributed by atoms with Gasteiger partial charge in [0.1, 0.15) is 11.3 Å². The summed E-state index contributed by atoms with van der Waals surface area (Å²) in [6, 6.07) is 15.6. The van der Waals surface area contributed by atoms with Crippen molar-refractivity contribution >= 4 is 22.9 Å². The van der Waals surface area contributed by atoms with Gasteiger partial charge >= 0.3 is 0 Å².